The molecule has 0 aliphatic carbocycles. The predicted octanol–water partition coefficient (Wildman–Crippen LogP) is 2.16. The third kappa shape index (κ3) is 2.57. The molecule has 15 heavy (non-hydrogen) atoms. The maximum atomic E-state index is 13.4. The third-order valence-corrected chi connectivity index (χ3v) is 1.98. The first-order valence-electron chi connectivity index (χ1n) is 3.91. The van der Waals surface area contributed by atoms with Gasteiger partial charge in [0.2, 0.25) is 0 Å². The van der Waals surface area contributed by atoms with E-state index in [1.807, 2.05) is 0 Å². The van der Waals surface area contributed by atoms with Crippen molar-refractivity contribution in [3.05, 3.63) is 28.5 Å². The number of benzene rings is 1. The minimum absolute atomic E-state index is 0.139. The van der Waals surface area contributed by atoms with Crippen LogP contribution in [-0.4, -0.2) is 25.0 Å². The summed E-state index contributed by atoms with van der Waals surface area (Å²) >= 11 is 5.50. The Morgan fingerprint density at radius 1 is 1.60 bits per heavy atom. The van der Waals surface area contributed by atoms with E-state index in [0.717, 1.165) is 0 Å². The molecule has 6 heteroatoms. The van der Waals surface area contributed by atoms with Crippen molar-refractivity contribution in [1.29, 1.82) is 0 Å². The van der Waals surface area contributed by atoms with Gasteiger partial charge >= 0.3 is 5.97 Å². The monoisotopic (exact) mass is 234 g/mol. The summed E-state index contributed by atoms with van der Waals surface area (Å²) in [7, 11) is 1.38. The molecule has 1 N–H and O–H groups in total. The molecule has 0 aliphatic rings. The van der Waals surface area contributed by atoms with Crippen molar-refractivity contribution in [2.24, 2.45) is 0 Å². The van der Waals surface area contributed by atoms with Crippen LogP contribution in [0.5, 0.6) is 5.75 Å². The number of rotatable bonds is 4. The van der Waals surface area contributed by atoms with Gasteiger partial charge in [-0.25, -0.2) is 9.18 Å². The van der Waals surface area contributed by atoms with Crippen molar-refractivity contribution in [3.63, 3.8) is 0 Å². The smallest absolute Gasteiger partial charge is 0.337 e. The van der Waals surface area contributed by atoms with Gasteiger partial charge < -0.3 is 14.6 Å². The van der Waals surface area contributed by atoms with Crippen LogP contribution in [0.25, 0.3) is 0 Å². The lowest BCUT2D eigenvalue weighted by Gasteiger charge is -2.07. The maximum Gasteiger partial charge on any atom is 0.337 e. The van der Waals surface area contributed by atoms with Gasteiger partial charge in [0.05, 0.1) is 10.6 Å². The largest absolute Gasteiger partial charge is 0.478 e. The Morgan fingerprint density at radius 3 is 2.80 bits per heavy atom. The molecule has 4 nitrogen and oxygen atoms in total. The number of methoxy groups -OCH3 is 1. The van der Waals surface area contributed by atoms with E-state index in [4.69, 9.17) is 21.4 Å². The Hall–Kier alpha value is -1.33. The van der Waals surface area contributed by atoms with Crippen LogP contribution >= 0.6 is 11.6 Å². The van der Waals surface area contributed by atoms with Gasteiger partial charge in [0.1, 0.15) is 0 Å². The molecule has 0 bridgehead atoms. The number of ether oxygens (including phenoxy) is 2. The summed E-state index contributed by atoms with van der Waals surface area (Å²) < 4.78 is 22.8. The highest BCUT2D eigenvalue weighted by molar-refractivity contribution is 6.33. The predicted molar refractivity (Wildman–Crippen MR) is 50.9 cm³/mol. The number of carboxylic acid groups (broad SMARTS) is 1. The van der Waals surface area contributed by atoms with Crippen molar-refractivity contribution in [2.75, 3.05) is 13.9 Å². The van der Waals surface area contributed by atoms with E-state index in [1.54, 1.807) is 0 Å². The summed E-state index contributed by atoms with van der Waals surface area (Å²) in [6, 6.07) is 2.35. The first-order chi connectivity index (χ1) is 7.07. The topological polar surface area (TPSA) is 55.8 Å². The molecule has 0 aromatic heterocycles. The van der Waals surface area contributed by atoms with Crippen LogP contribution in [0.1, 0.15) is 10.4 Å². The van der Waals surface area contributed by atoms with E-state index < -0.39 is 16.8 Å². The van der Waals surface area contributed by atoms with Crippen LogP contribution in [-0.2, 0) is 4.74 Å². The van der Waals surface area contributed by atoms with Gasteiger partial charge in [-0.2, -0.15) is 0 Å². The van der Waals surface area contributed by atoms with Crippen LogP contribution in [0.4, 0.5) is 4.39 Å². The first kappa shape index (κ1) is 11.7. The molecule has 0 amide bonds. The standard InChI is InChI=1S/C9H8ClFO4/c1-14-4-15-6-3-2-5(9(12)13)7(10)8(6)11/h2-3H,4H2,1H3,(H,12,13). The molecule has 1 aromatic rings. The summed E-state index contributed by atoms with van der Waals surface area (Å²) in [5, 5.41) is 8.16. The second kappa shape index (κ2) is 4.95. The lowest BCUT2D eigenvalue weighted by Crippen LogP contribution is -2.04. The molecule has 0 spiro atoms. The summed E-state index contributed by atoms with van der Waals surface area (Å²) in [6.45, 7) is -0.139. The molecule has 1 rings (SSSR count). The minimum atomic E-state index is -1.29. The third-order valence-electron chi connectivity index (χ3n) is 1.61. The van der Waals surface area contributed by atoms with Crippen LogP contribution in [0.3, 0.4) is 0 Å². The Balaban J connectivity index is 3.04. The van der Waals surface area contributed by atoms with Crippen molar-refractivity contribution >= 4 is 17.6 Å². The molecule has 0 radical (unpaired) electrons. The number of carbonyl (C=O) groups is 1. The Morgan fingerprint density at radius 2 is 2.27 bits per heavy atom. The van der Waals surface area contributed by atoms with Gasteiger partial charge in [0.15, 0.2) is 18.4 Å². The quantitative estimate of drug-likeness (QED) is 0.811. The van der Waals surface area contributed by atoms with E-state index in [1.165, 1.54) is 19.2 Å². The summed E-state index contributed by atoms with van der Waals surface area (Å²) in [5.41, 5.74) is -0.307. The fourth-order valence-corrected chi connectivity index (χ4v) is 1.17. The first-order valence-corrected chi connectivity index (χ1v) is 4.28. The van der Waals surface area contributed by atoms with E-state index in [-0.39, 0.29) is 18.1 Å². The van der Waals surface area contributed by atoms with Crippen LogP contribution in [0.2, 0.25) is 5.02 Å². The molecule has 0 aliphatic heterocycles. The number of hydrogen-bond acceptors (Lipinski definition) is 3. The van der Waals surface area contributed by atoms with Gasteiger partial charge in [-0.05, 0) is 12.1 Å². The fraction of sp³-hybridized carbons (Fsp3) is 0.222. The van der Waals surface area contributed by atoms with Crippen LogP contribution in [0.15, 0.2) is 12.1 Å². The van der Waals surface area contributed by atoms with Crippen LogP contribution in [0, 0.1) is 5.82 Å². The lowest BCUT2D eigenvalue weighted by atomic mass is 10.2. The molecule has 1 aromatic carbocycles. The highest BCUT2D eigenvalue weighted by Crippen LogP contribution is 2.28. The molecular weight excluding hydrogens is 227 g/mol. The fourth-order valence-electron chi connectivity index (χ4n) is 0.931. The van der Waals surface area contributed by atoms with Gasteiger partial charge in [-0.15, -0.1) is 0 Å². The van der Waals surface area contributed by atoms with Gasteiger partial charge in [-0.1, -0.05) is 11.6 Å². The van der Waals surface area contributed by atoms with E-state index >= 15 is 0 Å². The second-order valence-corrected chi connectivity index (χ2v) is 2.97. The normalized spacial score (nSPS) is 10.1. The zero-order valence-corrected chi connectivity index (χ0v) is 8.55. The summed E-state index contributed by atoms with van der Waals surface area (Å²) in [4.78, 5) is 10.6. The average molecular weight is 235 g/mol. The SMILES string of the molecule is COCOc1ccc(C(=O)O)c(Cl)c1F. The molecule has 0 fully saturated rings. The number of aromatic carboxylic acids is 1. The van der Waals surface area contributed by atoms with Gasteiger partial charge in [0, 0.05) is 7.11 Å². The highest BCUT2D eigenvalue weighted by atomic mass is 35.5. The summed E-state index contributed by atoms with van der Waals surface area (Å²) in [5.74, 6) is -2.35. The molecule has 0 unspecified atom stereocenters. The van der Waals surface area contributed by atoms with Crippen LogP contribution < -0.4 is 4.74 Å². The molecule has 0 atom stereocenters. The molecule has 0 saturated heterocycles. The summed E-state index contributed by atoms with van der Waals surface area (Å²) in [6.07, 6.45) is 0. The van der Waals surface area contributed by atoms with Crippen molar-refractivity contribution < 1.29 is 23.8 Å². The van der Waals surface area contributed by atoms with Crippen molar-refractivity contribution in [3.8, 4) is 5.75 Å². The highest BCUT2D eigenvalue weighted by Gasteiger charge is 2.16. The zero-order chi connectivity index (χ0) is 11.4. The van der Waals surface area contributed by atoms with Gasteiger partial charge in [0.25, 0.3) is 0 Å². The Labute approximate surface area is 90.2 Å². The van der Waals surface area contributed by atoms with E-state index in [2.05, 4.69) is 4.74 Å². The maximum absolute atomic E-state index is 13.4. The van der Waals surface area contributed by atoms with Gasteiger partial charge in [-0.3, -0.25) is 0 Å². The van der Waals surface area contributed by atoms with Crippen molar-refractivity contribution in [1.82, 2.24) is 0 Å². The molecular formula is C9H8ClFO4. The Kier molecular flexibility index (Phi) is 3.88. The minimum Gasteiger partial charge on any atom is -0.478 e. The van der Waals surface area contributed by atoms with Crippen molar-refractivity contribution in [2.45, 2.75) is 0 Å². The molecule has 0 saturated carbocycles. The molecule has 82 valence electrons. The van der Waals surface area contributed by atoms with E-state index in [9.17, 15) is 9.18 Å². The van der Waals surface area contributed by atoms with E-state index in [0.29, 0.717) is 0 Å². The number of carboxylic acids is 1. The molecule has 0 heterocycles. The number of halogens is 2. The average Bonchev–Trinajstić information content (AvgIpc) is 2.20. The number of hydrogen-bond donors (Lipinski definition) is 1. The Bertz CT molecular complexity index is 381. The second-order valence-electron chi connectivity index (χ2n) is 2.60. The zero-order valence-electron chi connectivity index (χ0n) is 7.79. The lowest BCUT2D eigenvalue weighted by molar-refractivity contribution is 0.0482.